The normalized spacial score (nSPS) is 17.9. The van der Waals surface area contributed by atoms with E-state index in [1.54, 1.807) is 29.5 Å². The number of piperidine rings is 1. The smallest absolute Gasteiger partial charge is 0.428 e. The first-order chi connectivity index (χ1) is 14.1. The fraction of sp³-hybridized carbons (Fsp3) is 0.286. The number of urea groups is 1. The molecule has 0 spiro atoms. The third-order valence-corrected chi connectivity index (χ3v) is 6.67. The Kier molecular flexibility index (Phi) is 4.44. The molecule has 7 nitrogen and oxygen atoms in total. The van der Waals surface area contributed by atoms with Crippen molar-refractivity contribution in [2.45, 2.75) is 19.3 Å². The molecule has 8 heteroatoms. The number of fused-ring (bicyclic) bond motifs is 2. The number of likely N-dealkylation sites (tertiary alicyclic amines) is 1. The summed E-state index contributed by atoms with van der Waals surface area (Å²) >= 11 is 1.59. The molecule has 1 saturated heterocycles. The van der Waals surface area contributed by atoms with Crippen LogP contribution >= 0.6 is 11.3 Å². The zero-order chi connectivity index (χ0) is 19.8. The molecule has 0 aliphatic carbocycles. The number of nitrogens with one attached hydrogen (secondary N) is 2. The first kappa shape index (κ1) is 18.1. The summed E-state index contributed by atoms with van der Waals surface area (Å²) in [7, 11) is 0. The lowest BCUT2D eigenvalue weighted by atomic mass is 10.1. The van der Waals surface area contributed by atoms with E-state index in [1.165, 1.54) is 0 Å². The molecule has 3 heterocycles. The molecule has 3 aromatic rings. The van der Waals surface area contributed by atoms with E-state index in [9.17, 15) is 9.59 Å². The van der Waals surface area contributed by atoms with Crippen molar-refractivity contribution in [3.8, 4) is 5.75 Å². The maximum absolute atomic E-state index is 13.5. The molecule has 2 aliphatic rings. The van der Waals surface area contributed by atoms with Crippen LogP contribution in [0.2, 0.25) is 0 Å². The van der Waals surface area contributed by atoms with Crippen LogP contribution in [0.1, 0.15) is 19.3 Å². The lowest BCUT2D eigenvalue weighted by Gasteiger charge is -2.35. The van der Waals surface area contributed by atoms with Gasteiger partial charge in [-0.05, 0) is 49.6 Å². The summed E-state index contributed by atoms with van der Waals surface area (Å²) in [5.74, 6) is 0.408. The van der Waals surface area contributed by atoms with Crippen LogP contribution < -0.4 is 19.9 Å². The van der Waals surface area contributed by atoms with Crippen molar-refractivity contribution in [1.82, 2.24) is 9.47 Å². The molecule has 0 unspecified atom stereocenters. The number of aromatic nitrogens is 1. The van der Waals surface area contributed by atoms with E-state index < -0.39 is 0 Å². The van der Waals surface area contributed by atoms with Crippen LogP contribution in [0.5, 0.6) is 5.75 Å². The highest BCUT2D eigenvalue weighted by molar-refractivity contribution is 7.22. The number of anilines is 2. The number of ether oxygens (including phenoxy) is 1. The van der Waals surface area contributed by atoms with Gasteiger partial charge in [0.1, 0.15) is 5.75 Å². The minimum absolute atomic E-state index is 0.0102. The standard InChI is InChI=1S/C21H20N4O3S/c26-19-13-28-17-9-8-14(12-16(17)23-19)22-20(27)25(10-4-1-5-11-25)21-24-15-6-2-3-7-18(15)29-21/h2-3,6-9,12H,1,4-5,10-11,13H2,(H-,22,23,26,27)/p+1. The molecule has 0 bridgehead atoms. The summed E-state index contributed by atoms with van der Waals surface area (Å²) in [4.78, 5) is 29.9. The van der Waals surface area contributed by atoms with E-state index in [2.05, 4.69) is 10.6 Å². The Morgan fingerprint density at radius 3 is 2.79 bits per heavy atom. The molecule has 2 aliphatic heterocycles. The maximum Gasteiger partial charge on any atom is 0.428 e. The molecule has 0 saturated carbocycles. The van der Waals surface area contributed by atoms with Crippen molar-refractivity contribution >= 4 is 50.0 Å². The van der Waals surface area contributed by atoms with Gasteiger partial charge in [0.2, 0.25) is 0 Å². The molecular formula is C21H21N4O3S+. The van der Waals surface area contributed by atoms with Gasteiger partial charge in [0.25, 0.3) is 11.0 Å². The number of benzene rings is 2. The molecule has 1 aromatic heterocycles. The van der Waals surface area contributed by atoms with Crippen molar-refractivity contribution in [2.75, 3.05) is 30.3 Å². The maximum atomic E-state index is 13.5. The largest absolute Gasteiger partial charge is 0.482 e. The predicted octanol–water partition coefficient (Wildman–Crippen LogP) is 4.35. The van der Waals surface area contributed by atoms with Gasteiger partial charge in [-0.25, -0.2) is 4.79 Å². The Morgan fingerprint density at radius 1 is 1.14 bits per heavy atom. The number of para-hydroxylation sites is 1. The second-order valence-corrected chi connectivity index (χ2v) is 8.43. The monoisotopic (exact) mass is 409 g/mol. The Hall–Kier alpha value is -2.97. The third kappa shape index (κ3) is 3.24. The molecule has 5 rings (SSSR count). The Morgan fingerprint density at radius 2 is 1.97 bits per heavy atom. The zero-order valence-electron chi connectivity index (χ0n) is 15.8. The van der Waals surface area contributed by atoms with E-state index in [-0.39, 0.29) is 23.0 Å². The van der Waals surface area contributed by atoms with Gasteiger partial charge < -0.3 is 10.1 Å². The average Bonchev–Trinajstić information content (AvgIpc) is 3.19. The molecule has 0 atom stereocenters. The molecule has 0 radical (unpaired) electrons. The zero-order valence-corrected chi connectivity index (χ0v) is 16.6. The molecule has 2 aromatic carbocycles. The predicted molar refractivity (Wildman–Crippen MR) is 115 cm³/mol. The molecule has 148 valence electrons. The first-order valence-electron chi connectivity index (χ1n) is 9.76. The Bertz CT molecular complexity index is 1070. The molecule has 1 fully saturated rings. The third-order valence-electron chi connectivity index (χ3n) is 5.48. The highest BCUT2D eigenvalue weighted by Gasteiger charge is 2.43. The Labute approximate surface area is 171 Å². The number of carbonyl (C=O) groups is 2. The van der Waals surface area contributed by atoms with Gasteiger partial charge in [-0.1, -0.05) is 23.5 Å². The van der Waals surface area contributed by atoms with Crippen LogP contribution in [0.4, 0.5) is 21.3 Å². The van der Waals surface area contributed by atoms with Crippen LogP contribution in [0.25, 0.3) is 10.2 Å². The topological polar surface area (TPSA) is 80.3 Å². The van der Waals surface area contributed by atoms with Crippen LogP contribution in [-0.2, 0) is 4.79 Å². The van der Waals surface area contributed by atoms with Gasteiger partial charge in [0, 0.05) is 5.69 Å². The van der Waals surface area contributed by atoms with Gasteiger partial charge in [-0.2, -0.15) is 9.47 Å². The van der Waals surface area contributed by atoms with E-state index in [1.807, 2.05) is 24.3 Å². The summed E-state index contributed by atoms with van der Waals surface area (Å²) in [5, 5.41) is 6.67. The number of quaternary nitrogens is 1. The van der Waals surface area contributed by atoms with Crippen LogP contribution in [0.15, 0.2) is 42.5 Å². The van der Waals surface area contributed by atoms with E-state index >= 15 is 0 Å². The highest BCUT2D eigenvalue weighted by Crippen LogP contribution is 2.37. The summed E-state index contributed by atoms with van der Waals surface area (Å²) < 4.78 is 6.70. The number of rotatable bonds is 2. The highest BCUT2D eigenvalue weighted by atomic mass is 32.1. The van der Waals surface area contributed by atoms with Crippen molar-refractivity contribution in [3.05, 3.63) is 42.5 Å². The van der Waals surface area contributed by atoms with Gasteiger partial charge in [-0.15, -0.1) is 0 Å². The number of nitrogens with zero attached hydrogens (tertiary/aromatic N) is 2. The second kappa shape index (κ2) is 7.13. The minimum Gasteiger partial charge on any atom is -0.482 e. The fourth-order valence-electron chi connectivity index (χ4n) is 3.97. The van der Waals surface area contributed by atoms with Crippen LogP contribution in [0.3, 0.4) is 0 Å². The number of thiazole rings is 1. The average molecular weight is 409 g/mol. The van der Waals surface area contributed by atoms with E-state index in [0.29, 0.717) is 17.1 Å². The summed E-state index contributed by atoms with van der Waals surface area (Å²) in [6, 6.07) is 13.2. The van der Waals surface area contributed by atoms with Crippen molar-refractivity contribution < 1.29 is 14.3 Å². The molecular weight excluding hydrogens is 388 g/mol. The quantitative estimate of drug-likeness (QED) is 0.617. The molecule has 2 N–H and O–H groups in total. The first-order valence-corrected chi connectivity index (χ1v) is 10.6. The summed E-state index contributed by atoms with van der Waals surface area (Å²) in [5.41, 5.74) is 2.13. The number of hydrogen-bond acceptors (Lipinski definition) is 5. The van der Waals surface area contributed by atoms with Crippen LogP contribution in [-0.4, -0.2) is 36.6 Å². The van der Waals surface area contributed by atoms with E-state index in [4.69, 9.17) is 9.72 Å². The lowest BCUT2D eigenvalue weighted by Crippen LogP contribution is -2.59. The Balaban J connectivity index is 1.48. The lowest BCUT2D eigenvalue weighted by molar-refractivity contribution is -0.118. The number of hydrogen-bond donors (Lipinski definition) is 2. The van der Waals surface area contributed by atoms with Gasteiger partial charge in [0.15, 0.2) is 6.61 Å². The van der Waals surface area contributed by atoms with E-state index in [0.717, 1.165) is 47.7 Å². The van der Waals surface area contributed by atoms with Gasteiger partial charge >= 0.3 is 6.03 Å². The number of carbonyl (C=O) groups excluding carboxylic acids is 2. The number of amides is 3. The second-order valence-electron chi connectivity index (χ2n) is 7.42. The summed E-state index contributed by atoms with van der Waals surface area (Å²) in [6.07, 6.45) is 3.09. The fourth-order valence-corrected chi connectivity index (χ4v) is 5.11. The van der Waals surface area contributed by atoms with Crippen molar-refractivity contribution in [3.63, 3.8) is 0 Å². The van der Waals surface area contributed by atoms with Gasteiger partial charge in [0.05, 0.1) is 29.0 Å². The minimum atomic E-state index is -0.199. The van der Waals surface area contributed by atoms with Crippen LogP contribution in [0, 0.1) is 0 Å². The SMILES string of the molecule is O=C1COc2ccc(NC(=O)[N+]3(c4nc5ccccc5s4)CCCCC3)cc2N1. The molecule has 29 heavy (non-hydrogen) atoms. The summed E-state index contributed by atoms with van der Waals surface area (Å²) in [6.45, 7) is 1.48. The van der Waals surface area contributed by atoms with Crippen molar-refractivity contribution in [2.24, 2.45) is 0 Å². The van der Waals surface area contributed by atoms with Gasteiger partial charge in [-0.3, -0.25) is 10.1 Å². The van der Waals surface area contributed by atoms with Crippen molar-refractivity contribution in [1.29, 1.82) is 0 Å². The molecule has 3 amide bonds.